The third-order valence-corrected chi connectivity index (χ3v) is 4.07. The number of primary amides is 1. The highest BCUT2D eigenvalue weighted by molar-refractivity contribution is 9.10. The summed E-state index contributed by atoms with van der Waals surface area (Å²) in [5, 5.41) is 3.30. The molecular formula is C13H16BrClN2O3. The highest BCUT2D eigenvalue weighted by Gasteiger charge is 2.42. The Labute approximate surface area is 131 Å². The summed E-state index contributed by atoms with van der Waals surface area (Å²) in [6.45, 7) is 2.36. The average Bonchev–Trinajstić information content (AvgIpc) is 2.62. The Balaban J connectivity index is 0.00000147. The number of benzene rings is 1. The first-order chi connectivity index (χ1) is 9.15. The fraction of sp³-hybridized carbons (Fsp3) is 0.462. The number of nitrogens with one attached hydrogen (secondary N) is 1. The molecule has 3 N–H and O–H groups in total. The summed E-state index contributed by atoms with van der Waals surface area (Å²) < 4.78 is 12.5. The fourth-order valence-electron chi connectivity index (χ4n) is 2.62. The smallest absolute Gasteiger partial charge is 0.252 e. The number of amides is 1. The van der Waals surface area contributed by atoms with Crippen molar-refractivity contribution in [2.45, 2.75) is 12.2 Å². The van der Waals surface area contributed by atoms with Crippen LogP contribution in [0.3, 0.4) is 0 Å². The normalized spacial score (nSPS) is 27.8. The van der Waals surface area contributed by atoms with Crippen LogP contribution in [0.15, 0.2) is 22.7 Å². The van der Waals surface area contributed by atoms with Crippen LogP contribution < -0.4 is 15.8 Å². The van der Waals surface area contributed by atoms with Gasteiger partial charge in [0.15, 0.2) is 0 Å². The van der Waals surface area contributed by atoms with Crippen molar-refractivity contribution in [3.63, 3.8) is 0 Å². The molecule has 2 saturated heterocycles. The van der Waals surface area contributed by atoms with E-state index in [-0.39, 0.29) is 24.6 Å². The molecule has 0 saturated carbocycles. The summed E-state index contributed by atoms with van der Waals surface area (Å²) in [5.74, 6) is 0.365. The van der Waals surface area contributed by atoms with Gasteiger partial charge in [0, 0.05) is 23.5 Å². The largest absolute Gasteiger partial charge is 0.486 e. The molecule has 0 aromatic heterocycles. The molecule has 3 rings (SSSR count). The number of carbonyl (C=O) groups excluding carboxylic acids is 1. The summed E-state index contributed by atoms with van der Waals surface area (Å²) in [7, 11) is 0. The predicted molar refractivity (Wildman–Crippen MR) is 80.4 cm³/mol. The number of piperidine rings is 1. The molecule has 2 aliphatic rings. The maximum atomic E-state index is 11.5. The Hall–Kier alpha value is -0.820. The maximum absolute atomic E-state index is 11.5. The molecule has 1 aromatic carbocycles. The Morgan fingerprint density at radius 2 is 2.25 bits per heavy atom. The Morgan fingerprint density at radius 1 is 1.45 bits per heavy atom. The average molecular weight is 364 g/mol. The van der Waals surface area contributed by atoms with Gasteiger partial charge in [-0.1, -0.05) is 15.9 Å². The van der Waals surface area contributed by atoms with Gasteiger partial charge in [0.25, 0.3) is 5.91 Å². The van der Waals surface area contributed by atoms with E-state index in [1.807, 2.05) is 6.07 Å². The molecule has 1 aromatic rings. The van der Waals surface area contributed by atoms with Crippen molar-refractivity contribution in [3.8, 4) is 5.75 Å². The zero-order valence-corrected chi connectivity index (χ0v) is 13.1. The number of carbonyl (C=O) groups is 1. The van der Waals surface area contributed by atoms with E-state index in [4.69, 9.17) is 15.2 Å². The second kappa shape index (κ2) is 6.30. The van der Waals surface area contributed by atoms with Gasteiger partial charge in [-0.25, -0.2) is 0 Å². The van der Waals surface area contributed by atoms with E-state index >= 15 is 0 Å². The molecule has 7 heteroatoms. The van der Waals surface area contributed by atoms with E-state index in [2.05, 4.69) is 21.2 Å². The number of nitrogens with two attached hydrogens (primary N) is 1. The van der Waals surface area contributed by atoms with E-state index in [1.54, 1.807) is 12.1 Å². The lowest BCUT2D eigenvalue weighted by Gasteiger charge is -2.29. The van der Waals surface area contributed by atoms with Gasteiger partial charge in [0.1, 0.15) is 18.0 Å². The van der Waals surface area contributed by atoms with Gasteiger partial charge in [0.05, 0.1) is 12.2 Å². The number of fused-ring (bicyclic) bond motifs is 2. The van der Waals surface area contributed by atoms with Gasteiger partial charge in [-0.15, -0.1) is 12.4 Å². The molecule has 20 heavy (non-hydrogen) atoms. The van der Waals surface area contributed by atoms with Crippen molar-refractivity contribution in [3.05, 3.63) is 28.2 Å². The number of ether oxygens (including phenoxy) is 2. The summed E-state index contributed by atoms with van der Waals surface area (Å²) in [4.78, 5) is 11.5. The number of hydrogen-bond acceptors (Lipinski definition) is 4. The minimum atomic E-state index is -0.488. The monoisotopic (exact) mass is 362 g/mol. The Bertz CT molecular complexity index is 498. The van der Waals surface area contributed by atoms with Gasteiger partial charge in [-0.05, 0) is 18.2 Å². The molecule has 1 unspecified atom stereocenters. The number of halogens is 2. The SMILES string of the molecule is Cl.NC(=O)c1cc(Br)ccc1OC1[C@H]2CNC[C@H]1OC2. The molecule has 2 fully saturated rings. The van der Waals surface area contributed by atoms with Gasteiger partial charge < -0.3 is 20.5 Å². The standard InChI is InChI=1S/C13H15BrN2O3.ClH/c14-8-1-2-10(9(3-8)13(15)17)19-12-7-4-16-5-11(12)18-6-7;/h1-3,7,11-12,16H,4-6H2,(H2,15,17);1H/t7-,11+,12?;/m0./s1. The molecule has 2 bridgehead atoms. The van der Waals surface area contributed by atoms with Crippen LogP contribution in [0.4, 0.5) is 0 Å². The van der Waals surface area contributed by atoms with E-state index in [9.17, 15) is 4.79 Å². The van der Waals surface area contributed by atoms with Crippen LogP contribution in [0, 0.1) is 5.92 Å². The lowest BCUT2D eigenvalue weighted by molar-refractivity contribution is 0.0435. The first-order valence-corrected chi connectivity index (χ1v) is 7.03. The van der Waals surface area contributed by atoms with Crippen LogP contribution in [0.1, 0.15) is 10.4 Å². The summed E-state index contributed by atoms with van der Waals surface area (Å²) in [6.07, 6.45) is 0.0312. The van der Waals surface area contributed by atoms with Gasteiger partial charge in [-0.2, -0.15) is 0 Å². The van der Waals surface area contributed by atoms with Crippen molar-refractivity contribution in [2.24, 2.45) is 11.7 Å². The molecule has 2 aliphatic heterocycles. The van der Waals surface area contributed by atoms with Crippen LogP contribution in [-0.2, 0) is 4.74 Å². The van der Waals surface area contributed by atoms with Gasteiger partial charge in [-0.3, -0.25) is 4.79 Å². The topological polar surface area (TPSA) is 73.6 Å². The van der Waals surface area contributed by atoms with E-state index < -0.39 is 5.91 Å². The molecule has 5 nitrogen and oxygen atoms in total. The second-order valence-corrected chi connectivity index (χ2v) is 5.79. The lowest BCUT2D eigenvalue weighted by atomic mass is 9.98. The molecule has 1 amide bonds. The van der Waals surface area contributed by atoms with Crippen molar-refractivity contribution in [1.29, 1.82) is 0 Å². The molecular weight excluding hydrogens is 348 g/mol. The fourth-order valence-corrected chi connectivity index (χ4v) is 2.98. The van der Waals surface area contributed by atoms with Gasteiger partial charge >= 0.3 is 0 Å². The Morgan fingerprint density at radius 3 is 2.95 bits per heavy atom. The first-order valence-electron chi connectivity index (χ1n) is 6.23. The first kappa shape index (κ1) is 15.6. The van der Waals surface area contributed by atoms with Crippen LogP contribution in [0.25, 0.3) is 0 Å². The minimum absolute atomic E-state index is 0. The second-order valence-electron chi connectivity index (χ2n) is 4.88. The minimum Gasteiger partial charge on any atom is -0.486 e. The van der Waals surface area contributed by atoms with Crippen LogP contribution in [-0.4, -0.2) is 37.8 Å². The van der Waals surface area contributed by atoms with E-state index in [1.165, 1.54) is 0 Å². The zero-order valence-electron chi connectivity index (χ0n) is 10.7. The molecule has 0 radical (unpaired) electrons. The maximum Gasteiger partial charge on any atom is 0.252 e. The molecule has 110 valence electrons. The van der Waals surface area contributed by atoms with E-state index in [0.717, 1.165) is 17.6 Å². The molecule has 0 spiro atoms. The van der Waals surface area contributed by atoms with Crippen LogP contribution in [0.5, 0.6) is 5.75 Å². The van der Waals surface area contributed by atoms with Crippen molar-refractivity contribution in [1.82, 2.24) is 5.32 Å². The highest BCUT2D eigenvalue weighted by Crippen LogP contribution is 2.31. The number of hydrogen-bond donors (Lipinski definition) is 2. The van der Waals surface area contributed by atoms with Crippen molar-refractivity contribution >= 4 is 34.2 Å². The predicted octanol–water partition coefficient (Wildman–Crippen LogP) is 1.34. The third-order valence-electron chi connectivity index (χ3n) is 3.58. The highest BCUT2D eigenvalue weighted by atomic mass is 79.9. The summed E-state index contributed by atoms with van der Waals surface area (Å²) in [6, 6.07) is 5.29. The third kappa shape index (κ3) is 2.93. The summed E-state index contributed by atoms with van der Waals surface area (Å²) >= 11 is 3.33. The van der Waals surface area contributed by atoms with Gasteiger partial charge in [0.2, 0.25) is 0 Å². The van der Waals surface area contributed by atoms with Crippen LogP contribution >= 0.6 is 28.3 Å². The molecule has 2 heterocycles. The van der Waals surface area contributed by atoms with Crippen molar-refractivity contribution in [2.75, 3.05) is 19.7 Å². The lowest BCUT2D eigenvalue weighted by Crippen LogP contribution is -2.48. The van der Waals surface area contributed by atoms with Crippen LogP contribution in [0.2, 0.25) is 0 Å². The Kier molecular flexibility index (Phi) is 4.90. The molecule has 0 aliphatic carbocycles. The van der Waals surface area contributed by atoms with E-state index in [0.29, 0.717) is 23.8 Å². The summed E-state index contributed by atoms with van der Waals surface area (Å²) in [5.41, 5.74) is 5.79. The molecule has 3 atom stereocenters. The quantitative estimate of drug-likeness (QED) is 0.850. The number of rotatable bonds is 3. The zero-order chi connectivity index (χ0) is 13.4. The van der Waals surface area contributed by atoms with Crippen molar-refractivity contribution < 1.29 is 14.3 Å².